The molecule has 1 atom stereocenters. The summed E-state index contributed by atoms with van der Waals surface area (Å²) in [5.41, 5.74) is 1.04. The lowest BCUT2D eigenvalue weighted by Gasteiger charge is -2.12. The van der Waals surface area contributed by atoms with E-state index >= 15 is 0 Å². The molecule has 0 aliphatic carbocycles. The van der Waals surface area contributed by atoms with Gasteiger partial charge in [0.05, 0.1) is 13.7 Å². The van der Waals surface area contributed by atoms with Crippen LogP contribution in [0.25, 0.3) is 0 Å². The van der Waals surface area contributed by atoms with Crippen molar-refractivity contribution in [3.8, 4) is 5.75 Å². The zero-order valence-electron chi connectivity index (χ0n) is 8.86. The average Bonchev–Trinajstić information content (AvgIpc) is 2.26. The van der Waals surface area contributed by atoms with Crippen LogP contribution in [0.3, 0.4) is 0 Å². The highest BCUT2D eigenvalue weighted by Gasteiger charge is 2.06. The molecule has 15 heavy (non-hydrogen) atoms. The van der Waals surface area contributed by atoms with Crippen molar-refractivity contribution in [3.05, 3.63) is 29.8 Å². The molecular weight excluding hydrogens is 194 g/mol. The summed E-state index contributed by atoms with van der Waals surface area (Å²) in [6, 6.07) is 7.56. The van der Waals surface area contributed by atoms with Crippen LogP contribution in [0.5, 0.6) is 5.75 Å². The molecule has 0 aliphatic rings. The minimum Gasteiger partial charge on any atom is -0.497 e. The highest BCUT2D eigenvalue weighted by Crippen LogP contribution is 2.16. The van der Waals surface area contributed by atoms with E-state index in [4.69, 9.17) is 9.84 Å². The predicted octanol–water partition coefficient (Wildman–Crippen LogP) is 1.43. The van der Waals surface area contributed by atoms with Crippen LogP contribution in [0.2, 0.25) is 0 Å². The summed E-state index contributed by atoms with van der Waals surface area (Å²) in [6.07, 6.45) is 0. The SMILES string of the molecule is COc1ccc([C@H](C)NCC(=O)O)cc1. The summed E-state index contributed by atoms with van der Waals surface area (Å²) in [6.45, 7) is 1.89. The maximum Gasteiger partial charge on any atom is 0.317 e. The maximum absolute atomic E-state index is 10.4. The van der Waals surface area contributed by atoms with E-state index in [1.807, 2.05) is 31.2 Å². The molecule has 1 aromatic rings. The number of carboxylic acids is 1. The van der Waals surface area contributed by atoms with Crippen molar-refractivity contribution in [2.45, 2.75) is 13.0 Å². The Morgan fingerprint density at radius 2 is 2.07 bits per heavy atom. The van der Waals surface area contributed by atoms with Crippen molar-refractivity contribution in [2.24, 2.45) is 0 Å². The van der Waals surface area contributed by atoms with Gasteiger partial charge in [-0.3, -0.25) is 4.79 Å². The molecule has 0 aromatic heterocycles. The number of nitrogens with one attached hydrogen (secondary N) is 1. The maximum atomic E-state index is 10.4. The van der Waals surface area contributed by atoms with E-state index < -0.39 is 5.97 Å². The molecule has 82 valence electrons. The van der Waals surface area contributed by atoms with Gasteiger partial charge in [0, 0.05) is 6.04 Å². The monoisotopic (exact) mass is 209 g/mol. The quantitative estimate of drug-likeness (QED) is 0.770. The minimum atomic E-state index is -0.852. The lowest BCUT2D eigenvalue weighted by molar-refractivity contribution is -0.136. The van der Waals surface area contributed by atoms with E-state index in [2.05, 4.69) is 5.32 Å². The van der Waals surface area contributed by atoms with Gasteiger partial charge < -0.3 is 15.2 Å². The van der Waals surface area contributed by atoms with Crippen LogP contribution < -0.4 is 10.1 Å². The van der Waals surface area contributed by atoms with E-state index in [0.717, 1.165) is 11.3 Å². The van der Waals surface area contributed by atoms with Crippen LogP contribution in [-0.2, 0) is 4.79 Å². The molecule has 4 heteroatoms. The Morgan fingerprint density at radius 1 is 1.47 bits per heavy atom. The van der Waals surface area contributed by atoms with Gasteiger partial charge >= 0.3 is 5.97 Å². The minimum absolute atomic E-state index is 0.0204. The van der Waals surface area contributed by atoms with Crippen molar-refractivity contribution in [3.63, 3.8) is 0 Å². The number of methoxy groups -OCH3 is 1. The summed E-state index contributed by atoms with van der Waals surface area (Å²) < 4.78 is 5.03. The highest BCUT2D eigenvalue weighted by molar-refractivity contribution is 5.69. The first kappa shape index (κ1) is 11.5. The molecule has 0 spiro atoms. The predicted molar refractivity (Wildman–Crippen MR) is 57.0 cm³/mol. The highest BCUT2D eigenvalue weighted by atomic mass is 16.5. The topological polar surface area (TPSA) is 58.6 Å². The van der Waals surface area contributed by atoms with Crippen LogP contribution in [-0.4, -0.2) is 24.7 Å². The normalized spacial score (nSPS) is 12.1. The first-order chi connectivity index (χ1) is 7.13. The smallest absolute Gasteiger partial charge is 0.317 e. The van der Waals surface area contributed by atoms with E-state index in [1.165, 1.54) is 0 Å². The Labute approximate surface area is 88.9 Å². The first-order valence-electron chi connectivity index (χ1n) is 4.72. The van der Waals surface area contributed by atoms with E-state index in [-0.39, 0.29) is 12.6 Å². The zero-order valence-corrected chi connectivity index (χ0v) is 8.86. The second-order valence-corrected chi connectivity index (χ2v) is 3.27. The molecule has 0 bridgehead atoms. The summed E-state index contributed by atoms with van der Waals surface area (Å²) in [7, 11) is 1.61. The number of carboxylic acid groups (broad SMARTS) is 1. The fourth-order valence-electron chi connectivity index (χ4n) is 1.25. The van der Waals surface area contributed by atoms with Crippen molar-refractivity contribution < 1.29 is 14.6 Å². The Hall–Kier alpha value is -1.55. The molecule has 0 heterocycles. The fourth-order valence-corrected chi connectivity index (χ4v) is 1.25. The third-order valence-corrected chi connectivity index (χ3v) is 2.18. The van der Waals surface area contributed by atoms with E-state index in [0.29, 0.717) is 0 Å². The third kappa shape index (κ3) is 3.59. The summed E-state index contributed by atoms with van der Waals surface area (Å²) in [5.74, 6) is -0.0560. The molecule has 0 saturated heterocycles. The molecule has 0 radical (unpaired) electrons. The third-order valence-electron chi connectivity index (χ3n) is 2.18. The molecule has 1 rings (SSSR count). The first-order valence-corrected chi connectivity index (χ1v) is 4.72. The van der Waals surface area contributed by atoms with Gasteiger partial charge in [-0.15, -0.1) is 0 Å². The molecule has 0 aliphatic heterocycles. The van der Waals surface area contributed by atoms with Crippen LogP contribution in [0, 0.1) is 0 Å². The number of aliphatic carboxylic acids is 1. The Morgan fingerprint density at radius 3 is 2.53 bits per heavy atom. The second-order valence-electron chi connectivity index (χ2n) is 3.27. The van der Waals surface area contributed by atoms with Crippen LogP contribution in [0.1, 0.15) is 18.5 Å². The van der Waals surface area contributed by atoms with Gasteiger partial charge in [-0.25, -0.2) is 0 Å². The molecule has 2 N–H and O–H groups in total. The molecule has 4 nitrogen and oxygen atoms in total. The van der Waals surface area contributed by atoms with Gasteiger partial charge in [-0.2, -0.15) is 0 Å². The number of ether oxygens (including phenoxy) is 1. The van der Waals surface area contributed by atoms with Crippen molar-refractivity contribution in [1.82, 2.24) is 5.32 Å². The Bertz CT molecular complexity index is 321. The van der Waals surface area contributed by atoms with Crippen molar-refractivity contribution in [1.29, 1.82) is 0 Å². The number of benzene rings is 1. The second kappa shape index (κ2) is 5.36. The van der Waals surface area contributed by atoms with E-state index in [9.17, 15) is 4.79 Å². The Kier molecular flexibility index (Phi) is 4.12. The molecule has 1 aromatic carbocycles. The van der Waals surface area contributed by atoms with Crippen molar-refractivity contribution in [2.75, 3.05) is 13.7 Å². The van der Waals surface area contributed by atoms with Gasteiger partial charge in [0.25, 0.3) is 0 Å². The van der Waals surface area contributed by atoms with Gasteiger partial charge in [0.15, 0.2) is 0 Å². The molecule has 0 amide bonds. The van der Waals surface area contributed by atoms with Crippen LogP contribution in [0.15, 0.2) is 24.3 Å². The number of rotatable bonds is 5. The number of hydrogen-bond acceptors (Lipinski definition) is 3. The lowest BCUT2D eigenvalue weighted by atomic mass is 10.1. The Balaban J connectivity index is 2.57. The molecule has 0 unspecified atom stereocenters. The van der Waals surface area contributed by atoms with Crippen molar-refractivity contribution >= 4 is 5.97 Å². The lowest BCUT2D eigenvalue weighted by Crippen LogP contribution is -2.25. The van der Waals surface area contributed by atoms with Gasteiger partial charge in [0.2, 0.25) is 0 Å². The van der Waals surface area contributed by atoms with Gasteiger partial charge in [-0.1, -0.05) is 12.1 Å². The largest absolute Gasteiger partial charge is 0.497 e. The van der Waals surface area contributed by atoms with Crippen LogP contribution in [0.4, 0.5) is 0 Å². The zero-order chi connectivity index (χ0) is 11.3. The molecule has 0 fully saturated rings. The standard InChI is InChI=1S/C11H15NO3/c1-8(12-7-11(13)14)9-3-5-10(15-2)6-4-9/h3-6,8,12H,7H2,1-2H3,(H,13,14)/t8-/m0/s1. The van der Waals surface area contributed by atoms with Gasteiger partial charge in [0.1, 0.15) is 5.75 Å². The number of carbonyl (C=O) groups is 1. The fraction of sp³-hybridized carbons (Fsp3) is 0.364. The van der Waals surface area contributed by atoms with Crippen LogP contribution >= 0.6 is 0 Å². The molecular formula is C11H15NO3. The molecule has 0 saturated carbocycles. The summed E-state index contributed by atoms with van der Waals surface area (Å²) in [4.78, 5) is 10.4. The summed E-state index contributed by atoms with van der Waals surface area (Å²) in [5, 5.41) is 11.4. The van der Waals surface area contributed by atoms with E-state index in [1.54, 1.807) is 7.11 Å². The average molecular weight is 209 g/mol. The number of hydrogen-bond donors (Lipinski definition) is 2. The summed E-state index contributed by atoms with van der Waals surface area (Å²) >= 11 is 0. The van der Waals surface area contributed by atoms with Gasteiger partial charge in [-0.05, 0) is 24.6 Å².